The molecule has 1 heterocycles. The zero-order valence-electron chi connectivity index (χ0n) is 8.66. The van der Waals surface area contributed by atoms with Crippen LogP contribution in [0.15, 0.2) is 35.1 Å². The van der Waals surface area contributed by atoms with Crippen molar-refractivity contribution in [2.75, 3.05) is 0 Å². The fourth-order valence-corrected chi connectivity index (χ4v) is 1.56. The predicted octanol–water partition coefficient (Wildman–Crippen LogP) is 2.82. The van der Waals surface area contributed by atoms with Crippen molar-refractivity contribution < 1.29 is 17.6 Å². The van der Waals surface area contributed by atoms with Gasteiger partial charge in [-0.25, -0.2) is 4.98 Å². The summed E-state index contributed by atoms with van der Waals surface area (Å²) in [4.78, 5) is 3.78. The van der Waals surface area contributed by atoms with Crippen LogP contribution in [0.25, 0.3) is 11.3 Å². The number of alkyl halides is 3. The normalized spacial score (nSPS) is 11.8. The lowest BCUT2D eigenvalue weighted by molar-refractivity contribution is -0.137. The van der Waals surface area contributed by atoms with Gasteiger partial charge in [-0.3, -0.25) is 0 Å². The smallest absolute Gasteiger partial charge is 0.417 e. The summed E-state index contributed by atoms with van der Waals surface area (Å²) in [6, 6.07) is 5.17. The summed E-state index contributed by atoms with van der Waals surface area (Å²) in [5, 5.41) is 0. The van der Waals surface area contributed by atoms with Crippen molar-refractivity contribution in [1.29, 1.82) is 0 Å². The minimum Gasteiger partial charge on any atom is -0.443 e. The molecule has 0 bridgehead atoms. The molecular formula is C11H9F3N2O. The van der Waals surface area contributed by atoms with Crippen LogP contribution in [-0.4, -0.2) is 4.98 Å². The molecule has 90 valence electrons. The molecule has 2 rings (SSSR count). The molecule has 0 saturated carbocycles. The molecule has 0 radical (unpaired) electrons. The summed E-state index contributed by atoms with van der Waals surface area (Å²) in [6.07, 6.45) is -3.35. The molecule has 2 N–H and O–H groups in total. The lowest BCUT2D eigenvalue weighted by atomic mass is 10.0. The molecule has 6 heteroatoms. The maximum Gasteiger partial charge on any atom is 0.417 e. The monoisotopic (exact) mass is 242 g/mol. The number of hydrogen-bond acceptors (Lipinski definition) is 3. The summed E-state index contributed by atoms with van der Waals surface area (Å²) < 4.78 is 43.3. The molecule has 0 aliphatic carbocycles. The van der Waals surface area contributed by atoms with E-state index in [1.807, 2.05) is 0 Å². The zero-order chi connectivity index (χ0) is 12.5. The molecule has 0 fully saturated rings. The molecule has 1 aromatic heterocycles. The predicted molar refractivity (Wildman–Crippen MR) is 54.8 cm³/mol. The molecule has 1 aromatic carbocycles. The number of oxazole rings is 1. The van der Waals surface area contributed by atoms with Crippen molar-refractivity contribution in [3.8, 4) is 11.3 Å². The Morgan fingerprint density at radius 1 is 1.24 bits per heavy atom. The minimum absolute atomic E-state index is 0.0258. The Morgan fingerprint density at radius 2 is 1.94 bits per heavy atom. The molecule has 17 heavy (non-hydrogen) atoms. The van der Waals surface area contributed by atoms with E-state index in [1.54, 1.807) is 0 Å². The maximum atomic E-state index is 12.8. The number of nitrogens with two attached hydrogens (primary N) is 1. The number of aromatic nitrogens is 1. The summed E-state index contributed by atoms with van der Waals surface area (Å²) in [6.45, 7) is 0.0258. The van der Waals surface area contributed by atoms with Crippen molar-refractivity contribution >= 4 is 0 Å². The van der Waals surface area contributed by atoms with Crippen LogP contribution in [0, 0.1) is 0 Å². The van der Waals surface area contributed by atoms with Gasteiger partial charge in [-0.05, 0) is 6.07 Å². The van der Waals surface area contributed by atoms with E-state index in [0.29, 0.717) is 5.69 Å². The highest BCUT2D eigenvalue weighted by molar-refractivity contribution is 5.64. The van der Waals surface area contributed by atoms with E-state index >= 15 is 0 Å². The van der Waals surface area contributed by atoms with Gasteiger partial charge in [0.1, 0.15) is 5.69 Å². The lowest BCUT2D eigenvalue weighted by Gasteiger charge is -2.11. The molecule has 3 nitrogen and oxygen atoms in total. The number of benzene rings is 1. The van der Waals surface area contributed by atoms with Crippen molar-refractivity contribution in [3.05, 3.63) is 41.9 Å². The Labute approximate surface area is 95.1 Å². The first kappa shape index (κ1) is 11.7. The minimum atomic E-state index is -4.44. The van der Waals surface area contributed by atoms with Gasteiger partial charge in [0, 0.05) is 12.1 Å². The van der Waals surface area contributed by atoms with Gasteiger partial charge in [0.2, 0.25) is 0 Å². The highest BCUT2D eigenvalue weighted by Gasteiger charge is 2.34. The first-order valence-electron chi connectivity index (χ1n) is 4.83. The van der Waals surface area contributed by atoms with Crippen LogP contribution in [0.5, 0.6) is 0 Å². The van der Waals surface area contributed by atoms with E-state index < -0.39 is 11.7 Å². The summed E-state index contributed by atoms with van der Waals surface area (Å²) in [5.74, 6) is 0.0698. The van der Waals surface area contributed by atoms with E-state index in [2.05, 4.69) is 4.98 Å². The van der Waals surface area contributed by atoms with E-state index in [-0.39, 0.29) is 17.9 Å². The summed E-state index contributed by atoms with van der Waals surface area (Å²) in [7, 11) is 0. The average molecular weight is 242 g/mol. The van der Waals surface area contributed by atoms with Gasteiger partial charge in [-0.1, -0.05) is 18.2 Å². The fourth-order valence-electron chi connectivity index (χ4n) is 1.56. The Kier molecular flexibility index (Phi) is 2.89. The molecule has 0 aliphatic rings. The highest BCUT2D eigenvalue weighted by Crippen LogP contribution is 2.37. The Hall–Kier alpha value is -1.82. The molecule has 0 saturated heterocycles. The van der Waals surface area contributed by atoms with Crippen LogP contribution in [0.4, 0.5) is 13.2 Å². The fraction of sp³-hybridized carbons (Fsp3) is 0.182. The Morgan fingerprint density at radius 3 is 2.59 bits per heavy atom. The Bertz CT molecular complexity index is 519. The second-order valence-corrected chi connectivity index (χ2v) is 3.38. The molecule has 0 spiro atoms. The largest absolute Gasteiger partial charge is 0.443 e. The van der Waals surface area contributed by atoms with Gasteiger partial charge in [0.05, 0.1) is 5.56 Å². The van der Waals surface area contributed by atoms with E-state index in [4.69, 9.17) is 10.2 Å². The third-order valence-corrected chi connectivity index (χ3v) is 2.31. The van der Waals surface area contributed by atoms with Crippen LogP contribution in [0.2, 0.25) is 0 Å². The van der Waals surface area contributed by atoms with Crippen LogP contribution in [-0.2, 0) is 12.7 Å². The van der Waals surface area contributed by atoms with Crippen molar-refractivity contribution in [1.82, 2.24) is 4.98 Å². The molecule has 2 aromatic rings. The standard InChI is InChI=1S/C11H9F3N2O/c12-11(13,14)8-4-2-1-3-7(8)10-9(5-15)16-6-17-10/h1-4,6H,5,15H2. The first-order valence-corrected chi connectivity index (χ1v) is 4.83. The third-order valence-electron chi connectivity index (χ3n) is 2.31. The van der Waals surface area contributed by atoms with Gasteiger partial charge in [-0.2, -0.15) is 13.2 Å². The second kappa shape index (κ2) is 4.21. The molecule has 0 unspecified atom stereocenters. The van der Waals surface area contributed by atoms with E-state index in [9.17, 15) is 13.2 Å². The molecule has 0 atom stereocenters. The SMILES string of the molecule is NCc1ncoc1-c1ccccc1C(F)(F)F. The molecule has 0 amide bonds. The van der Waals surface area contributed by atoms with Crippen molar-refractivity contribution in [2.45, 2.75) is 12.7 Å². The van der Waals surface area contributed by atoms with Gasteiger partial charge in [0.15, 0.2) is 12.2 Å². The Balaban J connectivity index is 2.60. The van der Waals surface area contributed by atoms with E-state index in [1.165, 1.54) is 18.2 Å². The topological polar surface area (TPSA) is 52.0 Å². The van der Waals surface area contributed by atoms with Gasteiger partial charge in [0.25, 0.3) is 0 Å². The summed E-state index contributed by atoms with van der Waals surface area (Å²) >= 11 is 0. The summed E-state index contributed by atoms with van der Waals surface area (Å²) in [5.41, 5.74) is 4.89. The maximum absolute atomic E-state index is 12.8. The first-order chi connectivity index (χ1) is 8.04. The highest BCUT2D eigenvalue weighted by atomic mass is 19.4. The zero-order valence-corrected chi connectivity index (χ0v) is 8.66. The van der Waals surface area contributed by atoms with Crippen LogP contribution in [0.3, 0.4) is 0 Å². The number of rotatable bonds is 2. The number of hydrogen-bond donors (Lipinski definition) is 1. The number of nitrogens with zero attached hydrogens (tertiary/aromatic N) is 1. The van der Waals surface area contributed by atoms with Crippen LogP contribution >= 0.6 is 0 Å². The van der Waals surface area contributed by atoms with Crippen LogP contribution < -0.4 is 5.73 Å². The lowest BCUT2D eigenvalue weighted by Crippen LogP contribution is -2.08. The van der Waals surface area contributed by atoms with Gasteiger partial charge < -0.3 is 10.2 Å². The van der Waals surface area contributed by atoms with E-state index in [0.717, 1.165) is 12.5 Å². The van der Waals surface area contributed by atoms with Crippen LogP contribution in [0.1, 0.15) is 11.3 Å². The average Bonchev–Trinajstić information content (AvgIpc) is 2.75. The second-order valence-electron chi connectivity index (χ2n) is 3.38. The quantitative estimate of drug-likeness (QED) is 0.880. The number of halogens is 3. The van der Waals surface area contributed by atoms with Gasteiger partial charge >= 0.3 is 6.18 Å². The third kappa shape index (κ3) is 2.16. The van der Waals surface area contributed by atoms with Crippen molar-refractivity contribution in [2.24, 2.45) is 5.73 Å². The van der Waals surface area contributed by atoms with Gasteiger partial charge in [-0.15, -0.1) is 0 Å². The molecule has 0 aliphatic heterocycles. The molecular weight excluding hydrogens is 233 g/mol. The van der Waals surface area contributed by atoms with Crippen molar-refractivity contribution in [3.63, 3.8) is 0 Å².